The number of benzene rings is 1. The average Bonchev–Trinajstić information content (AvgIpc) is 2.13. The lowest BCUT2D eigenvalue weighted by Crippen LogP contribution is -2.19. The Balaban J connectivity index is 3.30. The summed E-state index contributed by atoms with van der Waals surface area (Å²) in [6.07, 6.45) is 0.253. The van der Waals surface area contributed by atoms with Gasteiger partial charge in [-0.2, -0.15) is 0 Å². The molecular formula is C10H13ClFNO2. The molecule has 1 aromatic carbocycles. The van der Waals surface area contributed by atoms with Crippen LogP contribution in [0.25, 0.3) is 0 Å². The normalized spacial score (nSPS) is 12.6. The van der Waals surface area contributed by atoms with E-state index in [0.29, 0.717) is 0 Å². The van der Waals surface area contributed by atoms with Crippen molar-refractivity contribution in [3.8, 4) is 11.5 Å². The molecule has 0 saturated carbocycles. The van der Waals surface area contributed by atoms with Crippen LogP contribution in [0.15, 0.2) is 6.07 Å². The summed E-state index contributed by atoms with van der Waals surface area (Å²) < 4.78 is 18.5. The molecule has 1 atom stereocenters. The lowest BCUT2D eigenvalue weighted by molar-refractivity contribution is 0.363. The minimum absolute atomic E-state index is 0.0919. The van der Waals surface area contributed by atoms with Crippen molar-refractivity contribution < 1.29 is 14.2 Å². The number of ether oxygens (including phenoxy) is 1. The van der Waals surface area contributed by atoms with Crippen molar-refractivity contribution in [3.63, 3.8) is 0 Å². The Morgan fingerprint density at radius 2 is 2.27 bits per heavy atom. The SMILES string of the molecule is COc1c(O)cc(Cl)c(F)c1CC(C)N. The maximum Gasteiger partial charge on any atom is 0.166 e. The fourth-order valence-corrected chi connectivity index (χ4v) is 1.60. The molecule has 3 N–H and O–H groups in total. The number of hydrogen-bond acceptors (Lipinski definition) is 3. The highest BCUT2D eigenvalue weighted by molar-refractivity contribution is 6.31. The highest BCUT2D eigenvalue weighted by atomic mass is 35.5. The first kappa shape index (κ1) is 12.1. The smallest absolute Gasteiger partial charge is 0.166 e. The number of halogens is 2. The maximum atomic E-state index is 13.6. The number of phenolic OH excluding ortho intramolecular Hbond substituents is 1. The monoisotopic (exact) mass is 233 g/mol. The van der Waals surface area contributed by atoms with Crippen LogP contribution in [0.4, 0.5) is 4.39 Å². The first-order valence-electron chi connectivity index (χ1n) is 4.46. The van der Waals surface area contributed by atoms with Gasteiger partial charge >= 0.3 is 0 Å². The van der Waals surface area contributed by atoms with Gasteiger partial charge in [-0.3, -0.25) is 0 Å². The molecule has 0 heterocycles. The van der Waals surface area contributed by atoms with Crippen LogP contribution in [0.2, 0.25) is 5.02 Å². The topological polar surface area (TPSA) is 55.5 Å². The molecule has 3 nitrogen and oxygen atoms in total. The molecule has 5 heteroatoms. The highest BCUT2D eigenvalue weighted by Crippen LogP contribution is 2.36. The third-order valence-electron chi connectivity index (χ3n) is 1.98. The summed E-state index contributed by atoms with van der Waals surface area (Å²) in [5.74, 6) is -0.683. The molecule has 15 heavy (non-hydrogen) atoms. The van der Waals surface area contributed by atoms with E-state index in [2.05, 4.69) is 0 Å². The molecule has 0 fully saturated rings. The Labute approximate surface area is 92.6 Å². The summed E-state index contributed by atoms with van der Waals surface area (Å²) in [6.45, 7) is 1.73. The number of hydrogen-bond donors (Lipinski definition) is 2. The minimum atomic E-state index is -0.594. The lowest BCUT2D eigenvalue weighted by Gasteiger charge is -2.14. The number of phenols is 1. The van der Waals surface area contributed by atoms with E-state index in [9.17, 15) is 9.50 Å². The summed E-state index contributed by atoms with van der Waals surface area (Å²) in [5, 5.41) is 9.36. The molecule has 84 valence electrons. The Morgan fingerprint density at radius 3 is 2.73 bits per heavy atom. The molecule has 0 bridgehead atoms. The van der Waals surface area contributed by atoms with Gasteiger partial charge in [0.15, 0.2) is 11.5 Å². The van der Waals surface area contributed by atoms with Crippen molar-refractivity contribution in [2.24, 2.45) is 5.73 Å². The van der Waals surface area contributed by atoms with Crippen molar-refractivity contribution in [1.82, 2.24) is 0 Å². The molecular weight excluding hydrogens is 221 g/mol. The zero-order chi connectivity index (χ0) is 11.6. The van der Waals surface area contributed by atoms with E-state index in [0.717, 1.165) is 6.07 Å². The van der Waals surface area contributed by atoms with Gasteiger partial charge in [-0.25, -0.2) is 4.39 Å². The Bertz CT molecular complexity index is 369. The number of aromatic hydroxyl groups is 1. The lowest BCUT2D eigenvalue weighted by atomic mass is 10.1. The second-order valence-corrected chi connectivity index (χ2v) is 3.79. The van der Waals surface area contributed by atoms with Gasteiger partial charge in [0.05, 0.1) is 12.1 Å². The first-order chi connectivity index (χ1) is 6.97. The van der Waals surface area contributed by atoms with E-state index in [-0.39, 0.29) is 34.5 Å². The van der Waals surface area contributed by atoms with Gasteiger partial charge in [-0.1, -0.05) is 11.6 Å². The first-order valence-corrected chi connectivity index (χ1v) is 4.84. The van der Waals surface area contributed by atoms with E-state index in [1.165, 1.54) is 7.11 Å². The molecule has 0 amide bonds. The second-order valence-electron chi connectivity index (χ2n) is 3.38. The predicted molar refractivity (Wildman–Crippen MR) is 57.0 cm³/mol. The molecule has 0 aliphatic heterocycles. The molecule has 0 aromatic heterocycles. The molecule has 0 aliphatic carbocycles. The summed E-state index contributed by atoms with van der Waals surface area (Å²) in [5.41, 5.74) is 5.78. The van der Waals surface area contributed by atoms with Crippen molar-refractivity contribution in [2.45, 2.75) is 19.4 Å². The van der Waals surface area contributed by atoms with Crippen LogP contribution in [-0.4, -0.2) is 18.3 Å². The maximum absolute atomic E-state index is 13.6. The average molecular weight is 234 g/mol. The third kappa shape index (κ3) is 2.52. The van der Waals surface area contributed by atoms with Crippen molar-refractivity contribution in [1.29, 1.82) is 0 Å². The summed E-state index contributed by atoms with van der Waals surface area (Å²) >= 11 is 5.60. The number of methoxy groups -OCH3 is 1. The van der Waals surface area contributed by atoms with Crippen LogP contribution in [0, 0.1) is 5.82 Å². The number of nitrogens with two attached hydrogens (primary N) is 1. The van der Waals surface area contributed by atoms with Gasteiger partial charge in [-0.15, -0.1) is 0 Å². The fourth-order valence-electron chi connectivity index (χ4n) is 1.38. The van der Waals surface area contributed by atoms with Gasteiger partial charge < -0.3 is 15.6 Å². The standard InChI is InChI=1S/C10H13ClFNO2/c1-5(13)3-6-9(12)7(11)4-8(14)10(6)15-2/h4-5,14H,3,13H2,1-2H3. The van der Waals surface area contributed by atoms with Crippen molar-refractivity contribution >= 4 is 11.6 Å². The highest BCUT2D eigenvalue weighted by Gasteiger charge is 2.18. The van der Waals surface area contributed by atoms with Gasteiger partial charge in [0.2, 0.25) is 0 Å². The molecule has 0 saturated heterocycles. The Kier molecular flexibility index (Phi) is 3.77. The van der Waals surface area contributed by atoms with Crippen LogP contribution in [0.1, 0.15) is 12.5 Å². The molecule has 1 aromatic rings. The summed E-state index contributed by atoms with van der Waals surface area (Å²) in [6, 6.07) is 0.867. The molecule has 0 aliphatic rings. The van der Waals surface area contributed by atoms with E-state index in [4.69, 9.17) is 22.1 Å². The van der Waals surface area contributed by atoms with Crippen LogP contribution >= 0.6 is 11.6 Å². The zero-order valence-electron chi connectivity index (χ0n) is 8.55. The second kappa shape index (κ2) is 4.68. The summed E-state index contributed by atoms with van der Waals surface area (Å²) in [7, 11) is 1.35. The van der Waals surface area contributed by atoms with Crippen molar-refractivity contribution in [2.75, 3.05) is 7.11 Å². The van der Waals surface area contributed by atoms with Crippen LogP contribution in [0.5, 0.6) is 11.5 Å². The van der Waals surface area contributed by atoms with Crippen LogP contribution in [-0.2, 0) is 6.42 Å². The third-order valence-corrected chi connectivity index (χ3v) is 2.25. The van der Waals surface area contributed by atoms with Gasteiger partial charge in [0, 0.05) is 17.7 Å². The largest absolute Gasteiger partial charge is 0.504 e. The van der Waals surface area contributed by atoms with E-state index in [1.54, 1.807) is 6.92 Å². The van der Waals surface area contributed by atoms with E-state index in [1.807, 2.05) is 0 Å². The van der Waals surface area contributed by atoms with Gasteiger partial charge in [-0.05, 0) is 13.3 Å². The quantitative estimate of drug-likeness (QED) is 0.841. The molecule has 1 rings (SSSR count). The number of rotatable bonds is 3. The van der Waals surface area contributed by atoms with E-state index >= 15 is 0 Å². The molecule has 0 spiro atoms. The zero-order valence-corrected chi connectivity index (χ0v) is 9.31. The fraction of sp³-hybridized carbons (Fsp3) is 0.400. The Hall–Kier alpha value is -1.00. The van der Waals surface area contributed by atoms with Gasteiger partial charge in [0.1, 0.15) is 5.82 Å². The van der Waals surface area contributed by atoms with Crippen molar-refractivity contribution in [3.05, 3.63) is 22.5 Å². The molecule has 1 unspecified atom stereocenters. The Morgan fingerprint density at radius 1 is 1.67 bits per heavy atom. The van der Waals surface area contributed by atoms with E-state index < -0.39 is 5.82 Å². The van der Waals surface area contributed by atoms with Crippen LogP contribution < -0.4 is 10.5 Å². The van der Waals surface area contributed by atoms with Gasteiger partial charge in [0.25, 0.3) is 0 Å². The predicted octanol–water partition coefficient (Wildman–Crippen LogP) is 2.08. The minimum Gasteiger partial charge on any atom is -0.504 e. The summed E-state index contributed by atoms with van der Waals surface area (Å²) in [4.78, 5) is 0. The van der Waals surface area contributed by atoms with Crippen LogP contribution in [0.3, 0.4) is 0 Å². The molecule has 0 radical (unpaired) electrons.